The van der Waals surface area contributed by atoms with Gasteiger partial charge in [-0.15, -0.1) is 10.2 Å². The van der Waals surface area contributed by atoms with Gasteiger partial charge in [0.15, 0.2) is 10.8 Å². The highest BCUT2D eigenvalue weighted by Crippen LogP contribution is 2.25. The van der Waals surface area contributed by atoms with Crippen molar-refractivity contribution >= 4 is 16.3 Å². The van der Waals surface area contributed by atoms with E-state index in [1.807, 2.05) is 16.6 Å². The Morgan fingerprint density at radius 1 is 1.00 bits per heavy atom. The van der Waals surface area contributed by atoms with Crippen LogP contribution in [0.5, 0.6) is 5.75 Å². The average Bonchev–Trinajstić information content (AvgIpc) is 3.12. The van der Waals surface area contributed by atoms with Gasteiger partial charge in [0, 0.05) is 0 Å². The van der Waals surface area contributed by atoms with E-state index in [2.05, 4.69) is 48.0 Å². The minimum absolute atomic E-state index is 0.149. The summed E-state index contributed by atoms with van der Waals surface area (Å²) in [6, 6.07) is 8.33. The zero-order valence-electron chi connectivity index (χ0n) is 17.0. The summed E-state index contributed by atoms with van der Waals surface area (Å²) in [4.78, 5) is 3.31. The van der Waals surface area contributed by atoms with E-state index in [1.54, 1.807) is 11.3 Å². The van der Waals surface area contributed by atoms with Crippen LogP contribution < -0.4 is 4.74 Å². The van der Waals surface area contributed by atoms with Crippen molar-refractivity contribution in [2.45, 2.75) is 65.0 Å². The molecule has 1 aliphatic heterocycles. The van der Waals surface area contributed by atoms with Crippen LogP contribution in [0.15, 0.2) is 24.3 Å². The minimum Gasteiger partial charge on any atom is -0.486 e. The van der Waals surface area contributed by atoms with Gasteiger partial charge in [0.1, 0.15) is 12.4 Å². The molecule has 0 bridgehead atoms. The minimum atomic E-state index is 0.149. The fraction of sp³-hybridized carbons (Fsp3) is 0.571. The lowest BCUT2D eigenvalue weighted by molar-refractivity contribution is 0.267. The molecule has 0 radical (unpaired) electrons. The standard InChI is InChI=1S/C21H29N5OS/c1-21(2,3)16-8-10-17(11-9-16)27-15-19-24-26-18(22-23-20(26)28-19)14-25-12-6-4-5-7-13-25/h8-11H,4-7,12-15H2,1-3H3. The molecule has 6 nitrogen and oxygen atoms in total. The maximum Gasteiger partial charge on any atom is 0.234 e. The molecule has 0 N–H and O–H groups in total. The Morgan fingerprint density at radius 3 is 2.39 bits per heavy atom. The number of likely N-dealkylation sites (tertiary alicyclic amines) is 1. The van der Waals surface area contributed by atoms with Crippen molar-refractivity contribution in [3.8, 4) is 5.75 Å². The molecule has 0 aliphatic carbocycles. The highest BCUT2D eigenvalue weighted by Gasteiger charge is 2.17. The maximum atomic E-state index is 5.94. The Labute approximate surface area is 170 Å². The molecule has 0 atom stereocenters. The zero-order valence-corrected chi connectivity index (χ0v) is 17.8. The van der Waals surface area contributed by atoms with Crippen LogP contribution in [0, 0.1) is 0 Å². The van der Waals surface area contributed by atoms with Crippen LogP contribution in [-0.4, -0.2) is 37.8 Å². The Kier molecular flexibility index (Phi) is 5.64. The van der Waals surface area contributed by atoms with Crippen LogP contribution in [-0.2, 0) is 18.6 Å². The van der Waals surface area contributed by atoms with Crippen molar-refractivity contribution in [2.24, 2.45) is 0 Å². The SMILES string of the molecule is CC(C)(C)c1ccc(OCc2nn3c(CN4CCCCCC4)nnc3s2)cc1. The number of ether oxygens (including phenoxy) is 1. The first-order chi connectivity index (χ1) is 13.5. The summed E-state index contributed by atoms with van der Waals surface area (Å²) >= 11 is 1.55. The summed E-state index contributed by atoms with van der Waals surface area (Å²) in [7, 11) is 0. The molecule has 1 saturated heterocycles. The van der Waals surface area contributed by atoms with Gasteiger partial charge in [0.25, 0.3) is 0 Å². The van der Waals surface area contributed by atoms with E-state index in [0.717, 1.165) is 41.2 Å². The van der Waals surface area contributed by atoms with Crippen molar-refractivity contribution in [2.75, 3.05) is 13.1 Å². The lowest BCUT2D eigenvalue weighted by Gasteiger charge is -2.19. The van der Waals surface area contributed by atoms with E-state index in [-0.39, 0.29) is 5.41 Å². The summed E-state index contributed by atoms with van der Waals surface area (Å²) in [5.74, 6) is 1.79. The molecule has 150 valence electrons. The first kappa shape index (κ1) is 19.3. The molecule has 2 aromatic heterocycles. The first-order valence-electron chi connectivity index (χ1n) is 10.1. The Balaban J connectivity index is 1.40. The van der Waals surface area contributed by atoms with Gasteiger partial charge in [0.2, 0.25) is 4.96 Å². The van der Waals surface area contributed by atoms with Gasteiger partial charge in [-0.05, 0) is 49.0 Å². The highest BCUT2D eigenvalue weighted by atomic mass is 32.1. The Hall–Kier alpha value is -1.99. The molecule has 0 amide bonds. The molecule has 0 saturated carbocycles. The van der Waals surface area contributed by atoms with Crippen molar-refractivity contribution in [1.29, 1.82) is 0 Å². The van der Waals surface area contributed by atoms with E-state index >= 15 is 0 Å². The first-order valence-corrected chi connectivity index (χ1v) is 11.0. The molecule has 1 aromatic carbocycles. The van der Waals surface area contributed by atoms with Gasteiger partial charge in [0.05, 0.1) is 6.54 Å². The van der Waals surface area contributed by atoms with Gasteiger partial charge < -0.3 is 4.74 Å². The Morgan fingerprint density at radius 2 is 1.71 bits per heavy atom. The topological polar surface area (TPSA) is 55.6 Å². The molecule has 0 unspecified atom stereocenters. The molecular formula is C21H29N5OS. The summed E-state index contributed by atoms with van der Waals surface area (Å²) in [6.07, 6.45) is 5.21. The molecule has 3 aromatic rings. The smallest absolute Gasteiger partial charge is 0.234 e. The fourth-order valence-corrected chi connectivity index (χ4v) is 4.31. The molecular weight excluding hydrogens is 370 g/mol. The lowest BCUT2D eigenvalue weighted by Crippen LogP contribution is -2.25. The van der Waals surface area contributed by atoms with Gasteiger partial charge in [-0.3, -0.25) is 4.90 Å². The van der Waals surface area contributed by atoms with E-state index < -0.39 is 0 Å². The van der Waals surface area contributed by atoms with E-state index in [9.17, 15) is 0 Å². The molecule has 1 aliphatic rings. The van der Waals surface area contributed by atoms with Crippen molar-refractivity contribution in [1.82, 2.24) is 24.7 Å². The van der Waals surface area contributed by atoms with Crippen molar-refractivity contribution in [3.63, 3.8) is 0 Å². The number of hydrogen-bond donors (Lipinski definition) is 0. The second kappa shape index (κ2) is 8.17. The number of fused-ring (bicyclic) bond motifs is 1. The van der Waals surface area contributed by atoms with Crippen molar-refractivity contribution in [3.05, 3.63) is 40.7 Å². The van der Waals surface area contributed by atoms with Gasteiger partial charge >= 0.3 is 0 Å². The van der Waals surface area contributed by atoms with Crippen LogP contribution in [0.4, 0.5) is 0 Å². The second-order valence-corrected chi connectivity index (χ2v) is 9.60. The molecule has 0 spiro atoms. The van der Waals surface area contributed by atoms with Crippen LogP contribution in [0.2, 0.25) is 0 Å². The highest BCUT2D eigenvalue weighted by molar-refractivity contribution is 7.16. The predicted molar refractivity (Wildman–Crippen MR) is 112 cm³/mol. The maximum absolute atomic E-state index is 5.94. The monoisotopic (exact) mass is 399 g/mol. The quantitative estimate of drug-likeness (QED) is 0.635. The second-order valence-electron chi connectivity index (χ2n) is 8.56. The normalized spacial score (nSPS) is 16.4. The van der Waals surface area contributed by atoms with Crippen LogP contribution in [0.25, 0.3) is 4.96 Å². The third-order valence-corrected chi connectivity index (χ3v) is 6.12. The summed E-state index contributed by atoms with van der Waals surface area (Å²) in [5, 5.41) is 14.3. The van der Waals surface area contributed by atoms with Crippen LogP contribution >= 0.6 is 11.3 Å². The van der Waals surface area contributed by atoms with Crippen LogP contribution in [0.3, 0.4) is 0 Å². The zero-order chi connectivity index (χ0) is 19.6. The number of benzene rings is 1. The lowest BCUT2D eigenvalue weighted by atomic mass is 9.87. The fourth-order valence-electron chi connectivity index (χ4n) is 3.54. The Bertz CT molecular complexity index is 901. The predicted octanol–water partition coefficient (Wildman–Crippen LogP) is 4.44. The van der Waals surface area contributed by atoms with Gasteiger partial charge in [-0.2, -0.15) is 9.61 Å². The number of rotatable bonds is 5. The third-order valence-electron chi connectivity index (χ3n) is 5.24. The molecule has 7 heteroatoms. The molecule has 4 rings (SSSR count). The van der Waals surface area contributed by atoms with E-state index in [4.69, 9.17) is 9.84 Å². The summed E-state index contributed by atoms with van der Waals surface area (Å²) in [6.45, 7) is 10.2. The number of aromatic nitrogens is 4. The van der Waals surface area contributed by atoms with Gasteiger partial charge in [-0.25, -0.2) is 0 Å². The van der Waals surface area contributed by atoms with E-state index in [0.29, 0.717) is 6.61 Å². The average molecular weight is 400 g/mol. The van der Waals surface area contributed by atoms with E-state index in [1.165, 1.54) is 31.2 Å². The number of hydrogen-bond acceptors (Lipinski definition) is 6. The largest absolute Gasteiger partial charge is 0.486 e. The molecule has 3 heterocycles. The number of nitrogens with zero attached hydrogens (tertiary/aromatic N) is 5. The van der Waals surface area contributed by atoms with Crippen LogP contribution in [0.1, 0.15) is 62.8 Å². The summed E-state index contributed by atoms with van der Waals surface area (Å²) in [5.41, 5.74) is 1.45. The summed E-state index contributed by atoms with van der Waals surface area (Å²) < 4.78 is 7.83. The van der Waals surface area contributed by atoms with Gasteiger partial charge in [-0.1, -0.05) is 57.1 Å². The third kappa shape index (κ3) is 4.52. The van der Waals surface area contributed by atoms with Crippen molar-refractivity contribution < 1.29 is 4.74 Å². The molecule has 28 heavy (non-hydrogen) atoms. The molecule has 1 fully saturated rings.